The Morgan fingerprint density at radius 3 is 2.05 bits per heavy atom. The molecule has 0 saturated carbocycles. The molecule has 0 aliphatic heterocycles. The van der Waals surface area contributed by atoms with Crippen molar-refractivity contribution in [3.05, 3.63) is 47.7 Å². The number of hydrogen-bond acceptors (Lipinski definition) is 0. The molecule has 107 valence electrons. The molecule has 2 rings (SSSR count). The molecule has 0 saturated heterocycles. The number of halogens is 6. The fourth-order valence-electron chi connectivity index (χ4n) is 1.86. The summed E-state index contributed by atoms with van der Waals surface area (Å²) in [7, 11) is 1.41. The first-order valence-electron chi connectivity index (χ1n) is 5.43. The van der Waals surface area contributed by atoms with Gasteiger partial charge in [-0.05, 0) is 30.3 Å². The van der Waals surface area contributed by atoms with Gasteiger partial charge in [-0.3, -0.25) is 0 Å². The summed E-state index contributed by atoms with van der Waals surface area (Å²) in [4.78, 5) is 0. The second kappa shape index (κ2) is 4.57. The quantitative estimate of drug-likeness (QED) is 0.681. The number of rotatable bonds is 1. The Balaban J connectivity index is 2.70. The molecule has 20 heavy (non-hydrogen) atoms. The van der Waals surface area contributed by atoms with Crippen molar-refractivity contribution in [3.8, 4) is 11.3 Å². The van der Waals surface area contributed by atoms with Crippen molar-refractivity contribution in [1.29, 1.82) is 0 Å². The zero-order valence-corrected chi connectivity index (χ0v) is 10.1. The smallest absolute Gasteiger partial charge is 0.342 e. The minimum atomic E-state index is -4.73. The van der Waals surface area contributed by atoms with Gasteiger partial charge in [0.15, 0.2) is 0 Å². The highest BCUT2D eigenvalue weighted by Crippen LogP contribution is 2.40. The first-order valence-corrected chi connectivity index (χ1v) is 5.43. The summed E-state index contributed by atoms with van der Waals surface area (Å²) in [6.45, 7) is 0. The molecule has 0 atom stereocenters. The van der Waals surface area contributed by atoms with Crippen LogP contribution in [0.5, 0.6) is 0 Å². The second-order valence-corrected chi connectivity index (χ2v) is 4.16. The molecule has 2 aromatic rings. The molecule has 0 aliphatic carbocycles. The third kappa shape index (κ3) is 2.66. The average molecular weight is 292 g/mol. The normalized spacial score (nSPS) is 12.8. The van der Waals surface area contributed by atoms with Gasteiger partial charge < -0.3 is 4.57 Å². The van der Waals surface area contributed by atoms with E-state index >= 15 is 0 Å². The van der Waals surface area contributed by atoms with Crippen LogP contribution in [0, 0.1) is 6.20 Å². The second-order valence-electron chi connectivity index (χ2n) is 4.16. The fourth-order valence-corrected chi connectivity index (χ4v) is 1.86. The highest BCUT2D eigenvalue weighted by atomic mass is 19.4. The molecule has 1 nitrogen and oxygen atoms in total. The van der Waals surface area contributed by atoms with Gasteiger partial charge in [-0.1, -0.05) is 0 Å². The largest absolute Gasteiger partial charge is 0.417 e. The summed E-state index contributed by atoms with van der Waals surface area (Å²) < 4.78 is 77.8. The van der Waals surface area contributed by atoms with E-state index in [0.717, 1.165) is 0 Å². The molecule has 0 bridgehead atoms. The number of alkyl halides is 6. The Hall–Kier alpha value is -1.92. The van der Waals surface area contributed by atoms with Crippen molar-refractivity contribution in [2.24, 2.45) is 7.05 Å². The van der Waals surface area contributed by atoms with E-state index < -0.39 is 29.0 Å². The summed E-state index contributed by atoms with van der Waals surface area (Å²) in [6, 6.07) is 4.01. The Labute approximate surface area is 110 Å². The molecule has 7 heteroatoms. The van der Waals surface area contributed by atoms with Gasteiger partial charge in [0, 0.05) is 18.3 Å². The molecule has 0 spiro atoms. The van der Waals surface area contributed by atoms with E-state index in [1.807, 2.05) is 0 Å². The number of aryl methyl sites for hydroxylation is 1. The average Bonchev–Trinajstić information content (AvgIpc) is 2.72. The van der Waals surface area contributed by atoms with Gasteiger partial charge in [-0.15, -0.1) is 0 Å². The molecular formula is C13H8F6N. The summed E-state index contributed by atoms with van der Waals surface area (Å²) in [5.74, 6) is 0. The monoisotopic (exact) mass is 292 g/mol. The van der Waals surface area contributed by atoms with E-state index in [2.05, 4.69) is 6.20 Å². The van der Waals surface area contributed by atoms with Gasteiger partial charge in [-0.2, -0.15) is 26.3 Å². The molecule has 1 aromatic carbocycles. The lowest BCUT2D eigenvalue weighted by atomic mass is 10.0. The fraction of sp³-hybridized carbons (Fsp3) is 0.231. The summed E-state index contributed by atoms with van der Waals surface area (Å²) in [5, 5.41) is 0. The van der Waals surface area contributed by atoms with E-state index in [1.165, 1.54) is 23.7 Å². The lowest BCUT2D eigenvalue weighted by Gasteiger charge is -2.16. The lowest BCUT2D eigenvalue weighted by molar-refractivity contribution is -0.141. The Morgan fingerprint density at radius 2 is 1.60 bits per heavy atom. The standard InChI is InChI=1S/C13H8F6N/c1-20-6-2-3-11(20)9-7-8(12(14,15)16)4-5-10(9)13(17,18)19/h2-5,7H,1H3. The first kappa shape index (κ1) is 14.5. The number of aromatic nitrogens is 1. The van der Waals surface area contributed by atoms with Crippen LogP contribution in [0.1, 0.15) is 11.1 Å². The predicted molar refractivity (Wildman–Crippen MR) is 59.7 cm³/mol. The van der Waals surface area contributed by atoms with Crippen LogP contribution < -0.4 is 0 Å². The predicted octanol–water partition coefficient (Wildman–Crippen LogP) is 4.53. The highest BCUT2D eigenvalue weighted by molar-refractivity contribution is 5.66. The number of nitrogens with zero attached hydrogens (tertiary/aromatic N) is 1. The zero-order valence-electron chi connectivity index (χ0n) is 10.1. The number of hydrogen-bond donors (Lipinski definition) is 0. The van der Waals surface area contributed by atoms with Crippen LogP contribution in [0.4, 0.5) is 26.3 Å². The van der Waals surface area contributed by atoms with Gasteiger partial charge in [-0.25, -0.2) is 0 Å². The summed E-state index contributed by atoms with van der Waals surface area (Å²) in [6.07, 6.45) is -6.86. The third-order valence-electron chi connectivity index (χ3n) is 2.80. The van der Waals surface area contributed by atoms with Crippen molar-refractivity contribution < 1.29 is 26.3 Å². The van der Waals surface area contributed by atoms with E-state index in [9.17, 15) is 26.3 Å². The van der Waals surface area contributed by atoms with Crippen LogP contribution >= 0.6 is 0 Å². The van der Waals surface area contributed by atoms with E-state index in [-0.39, 0.29) is 5.69 Å². The maximum Gasteiger partial charge on any atom is 0.417 e. The Kier molecular flexibility index (Phi) is 3.31. The molecule has 1 heterocycles. The molecular weight excluding hydrogens is 284 g/mol. The van der Waals surface area contributed by atoms with Crippen LogP contribution in [0.25, 0.3) is 11.3 Å². The highest BCUT2D eigenvalue weighted by Gasteiger charge is 2.37. The number of benzene rings is 1. The van der Waals surface area contributed by atoms with Crippen molar-refractivity contribution >= 4 is 0 Å². The first-order chi connectivity index (χ1) is 9.10. The Bertz CT molecular complexity index is 621. The van der Waals surface area contributed by atoms with Crippen LogP contribution in [-0.4, -0.2) is 4.57 Å². The van der Waals surface area contributed by atoms with Gasteiger partial charge >= 0.3 is 12.4 Å². The lowest BCUT2D eigenvalue weighted by Crippen LogP contribution is -2.11. The van der Waals surface area contributed by atoms with Crippen molar-refractivity contribution in [2.45, 2.75) is 12.4 Å². The topological polar surface area (TPSA) is 4.93 Å². The summed E-state index contributed by atoms with van der Waals surface area (Å²) in [5.41, 5.74) is -2.73. The third-order valence-corrected chi connectivity index (χ3v) is 2.80. The molecule has 1 aromatic heterocycles. The van der Waals surface area contributed by atoms with Gasteiger partial charge in [0.05, 0.1) is 17.3 Å². The summed E-state index contributed by atoms with van der Waals surface area (Å²) >= 11 is 0. The molecule has 0 unspecified atom stereocenters. The molecule has 0 aliphatic rings. The Morgan fingerprint density at radius 1 is 0.950 bits per heavy atom. The minimum absolute atomic E-state index is 0.0171. The van der Waals surface area contributed by atoms with E-state index in [4.69, 9.17) is 0 Å². The molecule has 0 fully saturated rings. The van der Waals surface area contributed by atoms with Gasteiger partial charge in [0.25, 0.3) is 0 Å². The van der Waals surface area contributed by atoms with Crippen molar-refractivity contribution in [3.63, 3.8) is 0 Å². The van der Waals surface area contributed by atoms with E-state index in [0.29, 0.717) is 18.2 Å². The maximum absolute atomic E-state index is 12.9. The van der Waals surface area contributed by atoms with Gasteiger partial charge in [0.1, 0.15) is 0 Å². The van der Waals surface area contributed by atoms with E-state index in [1.54, 1.807) is 0 Å². The minimum Gasteiger partial charge on any atom is -0.342 e. The van der Waals surface area contributed by atoms with Crippen LogP contribution in [0.15, 0.2) is 30.3 Å². The molecule has 0 amide bonds. The van der Waals surface area contributed by atoms with Crippen molar-refractivity contribution in [1.82, 2.24) is 4.57 Å². The van der Waals surface area contributed by atoms with Crippen molar-refractivity contribution in [2.75, 3.05) is 0 Å². The van der Waals surface area contributed by atoms with Crippen LogP contribution in [0.3, 0.4) is 0 Å². The maximum atomic E-state index is 12.9. The molecule has 0 N–H and O–H groups in total. The zero-order chi connectivity index (χ0) is 15.1. The van der Waals surface area contributed by atoms with Gasteiger partial charge in [0.2, 0.25) is 0 Å². The van der Waals surface area contributed by atoms with Crippen LogP contribution in [-0.2, 0) is 19.4 Å². The van der Waals surface area contributed by atoms with Crippen LogP contribution in [0.2, 0.25) is 0 Å². The SMILES string of the molecule is Cn1[c]ccc1-c1cc(C(F)(F)F)ccc1C(F)(F)F. The molecule has 1 radical (unpaired) electrons.